The quantitative estimate of drug-likeness (QED) is 0.363. The highest BCUT2D eigenvalue weighted by atomic mass is 16.2. The Morgan fingerprint density at radius 3 is 2.62 bits per heavy atom. The van der Waals surface area contributed by atoms with E-state index in [0.717, 1.165) is 74.6 Å². The summed E-state index contributed by atoms with van der Waals surface area (Å²) in [5.41, 5.74) is 3.10. The van der Waals surface area contributed by atoms with Gasteiger partial charge in [-0.15, -0.1) is 10.2 Å². The number of piperidine rings is 1. The number of pyridine rings is 1. The summed E-state index contributed by atoms with van der Waals surface area (Å²) in [4.78, 5) is 40.2. The van der Waals surface area contributed by atoms with Crippen LogP contribution in [0.3, 0.4) is 0 Å². The van der Waals surface area contributed by atoms with Crippen LogP contribution in [0.25, 0.3) is 5.65 Å². The van der Waals surface area contributed by atoms with Crippen LogP contribution in [0.4, 0.5) is 11.5 Å². The van der Waals surface area contributed by atoms with E-state index in [1.165, 1.54) is 0 Å². The standard InChI is InChI=1S/C28H40N10O2/c1-21-15-22(37-10-5-27(2,3)17-37)16-31-23(21)26(40)30-8-13-35(4)18-28(32-20-39)6-11-36(12-7-28)24-25-34-33-19-38(25)14-9-29-24/h9,14-16,19-20H,5-8,10-13,17-18H2,1-4H3,(H,30,40)(H,32,39). The Bertz CT molecular complexity index is 1350. The van der Waals surface area contributed by atoms with Gasteiger partial charge in [0.15, 0.2) is 5.82 Å². The maximum Gasteiger partial charge on any atom is 0.270 e. The third-order valence-corrected chi connectivity index (χ3v) is 8.26. The van der Waals surface area contributed by atoms with Gasteiger partial charge in [0, 0.05) is 58.2 Å². The molecule has 0 atom stereocenters. The number of aromatic nitrogens is 5. The number of carbonyl (C=O) groups excluding carboxylic acids is 2. The first-order valence-electron chi connectivity index (χ1n) is 14.0. The van der Waals surface area contributed by atoms with Gasteiger partial charge >= 0.3 is 0 Å². The molecule has 5 heterocycles. The van der Waals surface area contributed by atoms with Gasteiger partial charge in [-0.1, -0.05) is 13.8 Å². The molecule has 40 heavy (non-hydrogen) atoms. The summed E-state index contributed by atoms with van der Waals surface area (Å²) in [5, 5.41) is 14.3. The summed E-state index contributed by atoms with van der Waals surface area (Å²) in [7, 11) is 2.01. The van der Waals surface area contributed by atoms with E-state index in [4.69, 9.17) is 0 Å². The van der Waals surface area contributed by atoms with E-state index in [2.05, 4.69) is 65.4 Å². The minimum atomic E-state index is -0.353. The lowest BCUT2D eigenvalue weighted by Gasteiger charge is -2.43. The van der Waals surface area contributed by atoms with E-state index in [0.29, 0.717) is 30.7 Å². The number of fused-ring (bicyclic) bond motifs is 1. The molecule has 0 aliphatic carbocycles. The van der Waals surface area contributed by atoms with Crippen molar-refractivity contribution in [1.82, 2.24) is 40.1 Å². The zero-order valence-corrected chi connectivity index (χ0v) is 23.9. The summed E-state index contributed by atoms with van der Waals surface area (Å²) in [6.07, 6.45) is 10.5. The van der Waals surface area contributed by atoms with Crippen LogP contribution < -0.4 is 20.4 Å². The minimum absolute atomic E-state index is 0.164. The Morgan fingerprint density at radius 1 is 1.15 bits per heavy atom. The van der Waals surface area contributed by atoms with Gasteiger partial charge in [-0.2, -0.15) is 0 Å². The van der Waals surface area contributed by atoms with Crippen LogP contribution in [0, 0.1) is 12.3 Å². The SMILES string of the molecule is Cc1cc(N2CCC(C)(C)C2)cnc1C(=O)NCCN(C)CC1(NC=O)CCN(c2nccn3cnnc23)CC1. The van der Waals surface area contributed by atoms with Crippen LogP contribution in [0.1, 0.15) is 49.2 Å². The number of anilines is 2. The molecule has 5 rings (SSSR count). The van der Waals surface area contributed by atoms with Crippen LogP contribution in [0.5, 0.6) is 0 Å². The maximum absolute atomic E-state index is 12.9. The molecule has 2 fully saturated rings. The highest BCUT2D eigenvalue weighted by Gasteiger charge is 2.36. The molecule has 214 valence electrons. The molecule has 0 bridgehead atoms. The average molecular weight is 549 g/mol. The van der Waals surface area contributed by atoms with Gasteiger partial charge in [-0.05, 0) is 50.3 Å². The number of hydrogen-bond donors (Lipinski definition) is 2. The number of hydrogen-bond acceptors (Lipinski definition) is 9. The largest absolute Gasteiger partial charge is 0.370 e. The van der Waals surface area contributed by atoms with E-state index in [-0.39, 0.29) is 11.4 Å². The van der Waals surface area contributed by atoms with Gasteiger partial charge in [0.25, 0.3) is 5.91 Å². The Hall–Kier alpha value is -3.80. The Balaban J connectivity index is 1.12. The molecular weight excluding hydrogens is 508 g/mol. The lowest BCUT2D eigenvalue weighted by molar-refractivity contribution is -0.111. The van der Waals surface area contributed by atoms with Crippen molar-refractivity contribution in [2.24, 2.45) is 5.41 Å². The van der Waals surface area contributed by atoms with Crippen molar-refractivity contribution in [2.75, 3.05) is 62.7 Å². The van der Waals surface area contributed by atoms with Crippen LogP contribution in [0.2, 0.25) is 0 Å². The fourth-order valence-corrected chi connectivity index (χ4v) is 5.93. The third-order valence-electron chi connectivity index (χ3n) is 8.26. The first kappa shape index (κ1) is 27.8. The molecule has 0 unspecified atom stereocenters. The van der Waals surface area contributed by atoms with Gasteiger partial charge in [0.05, 0.1) is 17.4 Å². The molecule has 2 aliphatic rings. The van der Waals surface area contributed by atoms with Crippen LogP contribution in [0.15, 0.2) is 31.0 Å². The second kappa shape index (κ2) is 11.4. The molecule has 3 aromatic rings. The van der Waals surface area contributed by atoms with Gasteiger partial charge < -0.3 is 25.3 Å². The van der Waals surface area contributed by atoms with Crippen molar-refractivity contribution >= 4 is 29.5 Å². The lowest BCUT2D eigenvalue weighted by Crippen LogP contribution is -2.59. The molecule has 2 aliphatic heterocycles. The topological polar surface area (TPSA) is 124 Å². The molecule has 2 saturated heterocycles. The summed E-state index contributed by atoms with van der Waals surface area (Å²) in [6.45, 7) is 11.8. The predicted molar refractivity (Wildman–Crippen MR) is 154 cm³/mol. The second-order valence-electron chi connectivity index (χ2n) is 12.0. The monoisotopic (exact) mass is 548 g/mol. The van der Waals surface area contributed by atoms with Gasteiger partial charge in [0.1, 0.15) is 12.0 Å². The van der Waals surface area contributed by atoms with Gasteiger partial charge in [-0.25, -0.2) is 9.97 Å². The molecular formula is C28H40N10O2. The fraction of sp³-hybridized carbons (Fsp3) is 0.571. The first-order chi connectivity index (χ1) is 19.2. The first-order valence-corrected chi connectivity index (χ1v) is 14.0. The van der Waals surface area contributed by atoms with E-state index >= 15 is 0 Å². The predicted octanol–water partition coefficient (Wildman–Crippen LogP) is 1.51. The van der Waals surface area contributed by atoms with Crippen molar-refractivity contribution in [3.05, 3.63) is 42.2 Å². The van der Waals surface area contributed by atoms with E-state index in [1.54, 1.807) is 12.5 Å². The third kappa shape index (κ3) is 6.01. The van der Waals surface area contributed by atoms with E-state index in [1.807, 2.05) is 30.8 Å². The maximum atomic E-state index is 12.9. The number of aryl methyl sites for hydroxylation is 1. The van der Waals surface area contributed by atoms with Crippen molar-refractivity contribution in [2.45, 2.75) is 45.6 Å². The summed E-state index contributed by atoms with van der Waals surface area (Å²) in [5.74, 6) is 0.639. The zero-order valence-electron chi connectivity index (χ0n) is 23.9. The summed E-state index contributed by atoms with van der Waals surface area (Å²) < 4.78 is 1.86. The molecule has 0 saturated carbocycles. The molecule has 12 heteroatoms. The van der Waals surface area contributed by atoms with Crippen LogP contribution >= 0.6 is 0 Å². The molecule has 0 aromatic carbocycles. The van der Waals surface area contributed by atoms with Crippen molar-refractivity contribution in [3.63, 3.8) is 0 Å². The highest BCUT2D eigenvalue weighted by Crippen LogP contribution is 2.32. The number of likely N-dealkylation sites (N-methyl/N-ethyl adjacent to an activating group) is 1. The van der Waals surface area contributed by atoms with Gasteiger partial charge in [0.2, 0.25) is 12.1 Å². The minimum Gasteiger partial charge on any atom is -0.370 e. The number of nitrogens with zero attached hydrogens (tertiary/aromatic N) is 8. The summed E-state index contributed by atoms with van der Waals surface area (Å²) >= 11 is 0. The Labute approximate surface area is 235 Å². The van der Waals surface area contributed by atoms with Crippen molar-refractivity contribution in [1.29, 1.82) is 0 Å². The Kier molecular flexibility index (Phi) is 7.88. The number of carbonyl (C=O) groups is 2. The van der Waals surface area contributed by atoms with Gasteiger partial charge in [-0.3, -0.25) is 14.0 Å². The van der Waals surface area contributed by atoms with E-state index < -0.39 is 0 Å². The average Bonchev–Trinajstić information content (AvgIpc) is 3.55. The second-order valence-corrected chi connectivity index (χ2v) is 12.0. The van der Waals surface area contributed by atoms with Crippen LogP contribution in [-0.2, 0) is 4.79 Å². The van der Waals surface area contributed by atoms with Crippen LogP contribution in [-0.4, -0.2) is 100 Å². The molecule has 0 spiro atoms. The fourth-order valence-electron chi connectivity index (χ4n) is 5.93. The molecule has 0 radical (unpaired) electrons. The number of nitrogens with one attached hydrogen (secondary N) is 2. The van der Waals surface area contributed by atoms with E-state index in [9.17, 15) is 9.59 Å². The molecule has 12 nitrogen and oxygen atoms in total. The zero-order chi connectivity index (χ0) is 28.3. The molecule has 2 N–H and O–H groups in total. The smallest absolute Gasteiger partial charge is 0.270 e. The highest BCUT2D eigenvalue weighted by molar-refractivity contribution is 5.93. The lowest BCUT2D eigenvalue weighted by atomic mass is 9.87. The van der Waals surface area contributed by atoms with Crippen molar-refractivity contribution in [3.8, 4) is 0 Å². The summed E-state index contributed by atoms with van der Waals surface area (Å²) in [6, 6.07) is 2.07. The van der Waals surface area contributed by atoms with Crippen molar-refractivity contribution < 1.29 is 9.59 Å². The molecule has 3 aromatic heterocycles. The molecule has 2 amide bonds. The Morgan fingerprint density at radius 2 is 1.93 bits per heavy atom. The number of rotatable bonds is 10. The normalized spacial score (nSPS) is 18.3. The number of amides is 2.